The summed E-state index contributed by atoms with van der Waals surface area (Å²) in [5, 5.41) is 2.13. The van der Waals surface area contributed by atoms with Crippen LogP contribution in [0.2, 0.25) is 0 Å². The molecule has 80 valence electrons. The van der Waals surface area contributed by atoms with Crippen LogP contribution in [-0.2, 0) is 0 Å². The van der Waals surface area contributed by atoms with Crippen LogP contribution < -0.4 is 5.73 Å². The molecule has 0 aromatic carbocycles. The molecule has 0 fully saturated rings. The van der Waals surface area contributed by atoms with Crippen LogP contribution >= 0.6 is 11.3 Å². The summed E-state index contributed by atoms with van der Waals surface area (Å²) < 4.78 is 0. The quantitative estimate of drug-likeness (QED) is 0.812. The van der Waals surface area contributed by atoms with E-state index in [0.29, 0.717) is 12.1 Å². The van der Waals surface area contributed by atoms with Crippen molar-refractivity contribution in [1.82, 2.24) is 4.90 Å². The first-order valence-electron chi connectivity index (χ1n) is 5.12. The summed E-state index contributed by atoms with van der Waals surface area (Å²) in [6.07, 6.45) is 1.06. The maximum atomic E-state index is 5.56. The molecule has 1 heterocycles. The van der Waals surface area contributed by atoms with Gasteiger partial charge in [-0.3, -0.25) is 4.90 Å². The van der Waals surface area contributed by atoms with E-state index in [1.54, 1.807) is 0 Å². The van der Waals surface area contributed by atoms with E-state index in [0.717, 1.165) is 13.0 Å². The molecule has 1 aromatic rings. The molecule has 2 N–H and O–H groups in total. The molecule has 2 nitrogen and oxygen atoms in total. The molecule has 2 atom stereocenters. The zero-order valence-electron chi connectivity index (χ0n) is 9.23. The molecule has 0 aliphatic carbocycles. The van der Waals surface area contributed by atoms with Gasteiger partial charge >= 0.3 is 0 Å². The van der Waals surface area contributed by atoms with E-state index < -0.39 is 0 Å². The maximum Gasteiger partial charge on any atom is 0.0413 e. The molecule has 0 saturated heterocycles. The summed E-state index contributed by atoms with van der Waals surface area (Å²) in [6.45, 7) is 5.25. The number of thiophene rings is 1. The second-order valence-electron chi connectivity index (χ2n) is 3.78. The Morgan fingerprint density at radius 3 is 2.71 bits per heavy atom. The molecule has 1 aromatic heterocycles. The van der Waals surface area contributed by atoms with E-state index in [4.69, 9.17) is 5.73 Å². The van der Waals surface area contributed by atoms with Crippen LogP contribution in [-0.4, -0.2) is 24.5 Å². The minimum Gasteiger partial charge on any atom is -0.330 e. The van der Waals surface area contributed by atoms with Crippen molar-refractivity contribution in [2.45, 2.75) is 32.4 Å². The summed E-state index contributed by atoms with van der Waals surface area (Å²) in [5.74, 6) is 0. The molecule has 2 unspecified atom stereocenters. The molecule has 1 rings (SSSR count). The largest absolute Gasteiger partial charge is 0.330 e. The molecular weight excluding hydrogens is 192 g/mol. The monoisotopic (exact) mass is 212 g/mol. The topological polar surface area (TPSA) is 29.3 Å². The highest BCUT2D eigenvalue weighted by Crippen LogP contribution is 2.25. The minimum atomic E-state index is 0.497. The highest BCUT2D eigenvalue weighted by Gasteiger charge is 2.17. The summed E-state index contributed by atoms with van der Waals surface area (Å²) in [4.78, 5) is 3.81. The number of nitrogens with two attached hydrogens (primary N) is 1. The zero-order chi connectivity index (χ0) is 10.6. The average molecular weight is 212 g/mol. The molecule has 0 bridgehead atoms. The molecule has 0 amide bonds. The molecule has 3 heteroatoms. The van der Waals surface area contributed by atoms with Crippen molar-refractivity contribution in [2.24, 2.45) is 5.73 Å². The second-order valence-corrected chi connectivity index (χ2v) is 4.76. The Balaban J connectivity index is 2.56. The molecule has 0 aliphatic rings. The average Bonchev–Trinajstić information content (AvgIpc) is 2.68. The third kappa shape index (κ3) is 2.80. The summed E-state index contributed by atoms with van der Waals surface area (Å²) >= 11 is 1.82. The third-order valence-corrected chi connectivity index (χ3v) is 3.89. The van der Waals surface area contributed by atoms with Crippen LogP contribution in [0.1, 0.15) is 31.2 Å². The minimum absolute atomic E-state index is 0.497. The van der Waals surface area contributed by atoms with Gasteiger partial charge in [-0.25, -0.2) is 0 Å². The fourth-order valence-corrected chi connectivity index (χ4v) is 2.39. The van der Waals surface area contributed by atoms with Gasteiger partial charge in [0, 0.05) is 17.0 Å². The van der Waals surface area contributed by atoms with Gasteiger partial charge in [0.1, 0.15) is 0 Å². The van der Waals surface area contributed by atoms with Crippen LogP contribution in [0, 0.1) is 0 Å². The lowest BCUT2D eigenvalue weighted by Crippen LogP contribution is -2.32. The SMILES string of the molecule is CC(CCN)N(C)C(C)c1cccs1. The maximum absolute atomic E-state index is 5.56. The Morgan fingerprint density at radius 1 is 1.50 bits per heavy atom. The predicted octanol–water partition coefficient (Wildman–Crippen LogP) is 2.48. The van der Waals surface area contributed by atoms with Crippen LogP contribution in [0.4, 0.5) is 0 Å². The van der Waals surface area contributed by atoms with Crippen molar-refractivity contribution in [3.8, 4) is 0 Å². The van der Waals surface area contributed by atoms with E-state index in [1.807, 2.05) is 11.3 Å². The molecule has 14 heavy (non-hydrogen) atoms. The van der Waals surface area contributed by atoms with Crippen molar-refractivity contribution in [3.63, 3.8) is 0 Å². The van der Waals surface area contributed by atoms with Crippen molar-refractivity contribution in [3.05, 3.63) is 22.4 Å². The van der Waals surface area contributed by atoms with Gasteiger partial charge < -0.3 is 5.73 Å². The smallest absolute Gasteiger partial charge is 0.0413 e. The van der Waals surface area contributed by atoms with Crippen molar-refractivity contribution < 1.29 is 0 Å². The van der Waals surface area contributed by atoms with Gasteiger partial charge in [0.25, 0.3) is 0 Å². The lowest BCUT2D eigenvalue weighted by Gasteiger charge is -2.30. The van der Waals surface area contributed by atoms with Crippen molar-refractivity contribution >= 4 is 11.3 Å². The van der Waals surface area contributed by atoms with Gasteiger partial charge in [-0.1, -0.05) is 6.07 Å². The summed E-state index contributed by atoms with van der Waals surface area (Å²) in [5.41, 5.74) is 5.56. The first-order chi connectivity index (χ1) is 6.66. The molecule has 0 spiro atoms. The third-order valence-electron chi connectivity index (χ3n) is 2.85. The molecule has 0 aliphatic heterocycles. The molecular formula is C11H20N2S. The number of hydrogen-bond acceptors (Lipinski definition) is 3. The zero-order valence-corrected chi connectivity index (χ0v) is 10.1. The van der Waals surface area contributed by atoms with E-state index in [-0.39, 0.29) is 0 Å². The van der Waals surface area contributed by atoms with E-state index in [2.05, 4.69) is 43.3 Å². The normalized spacial score (nSPS) is 15.8. The van der Waals surface area contributed by atoms with Crippen LogP contribution in [0.3, 0.4) is 0 Å². The highest BCUT2D eigenvalue weighted by molar-refractivity contribution is 7.10. The standard InChI is InChI=1S/C11H20N2S/c1-9(6-7-12)13(3)10(2)11-5-4-8-14-11/h4-5,8-10H,6-7,12H2,1-3H3. The van der Waals surface area contributed by atoms with Crippen LogP contribution in [0.15, 0.2) is 17.5 Å². The van der Waals surface area contributed by atoms with Gasteiger partial charge in [0.2, 0.25) is 0 Å². The lowest BCUT2D eigenvalue weighted by atomic mass is 10.1. The van der Waals surface area contributed by atoms with E-state index in [9.17, 15) is 0 Å². The lowest BCUT2D eigenvalue weighted by molar-refractivity contribution is 0.193. The summed E-state index contributed by atoms with van der Waals surface area (Å²) in [7, 11) is 2.17. The Morgan fingerprint density at radius 2 is 2.21 bits per heavy atom. The van der Waals surface area contributed by atoms with Gasteiger partial charge in [-0.2, -0.15) is 0 Å². The Bertz CT molecular complexity index is 246. The van der Waals surface area contributed by atoms with Gasteiger partial charge in [-0.15, -0.1) is 11.3 Å². The molecule has 0 radical (unpaired) electrons. The number of hydrogen-bond donors (Lipinski definition) is 1. The van der Waals surface area contributed by atoms with E-state index >= 15 is 0 Å². The Hall–Kier alpha value is -0.380. The van der Waals surface area contributed by atoms with Crippen molar-refractivity contribution in [2.75, 3.05) is 13.6 Å². The van der Waals surface area contributed by atoms with Gasteiger partial charge in [0.05, 0.1) is 0 Å². The van der Waals surface area contributed by atoms with Crippen LogP contribution in [0.5, 0.6) is 0 Å². The fraction of sp³-hybridized carbons (Fsp3) is 0.636. The van der Waals surface area contributed by atoms with Gasteiger partial charge in [0.15, 0.2) is 0 Å². The number of rotatable bonds is 5. The summed E-state index contributed by atoms with van der Waals surface area (Å²) in [6, 6.07) is 5.35. The highest BCUT2D eigenvalue weighted by atomic mass is 32.1. The van der Waals surface area contributed by atoms with E-state index in [1.165, 1.54) is 4.88 Å². The Kier molecular flexibility index (Phi) is 4.58. The first kappa shape index (κ1) is 11.7. The predicted molar refractivity (Wildman–Crippen MR) is 63.6 cm³/mol. The first-order valence-corrected chi connectivity index (χ1v) is 6.00. The van der Waals surface area contributed by atoms with Gasteiger partial charge in [-0.05, 0) is 45.3 Å². The Labute approximate surface area is 90.7 Å². The molecule has 0 saturated carbocycles. The van der Waals surface area contributed by atoms with Crippen molar-refractivity contribution in [1.29, 1.82) is 0 Å². The fourth-order valence-electron chi connectivity index (χ4n) is 1.56. The second kappa shape index (κ2) is 5.49. The van der Waals surface area contributed by atoms with Crippen LogP contribution in [0.25, 0.3) is 0 Å². The number of nitrogens with zero attached hydrogens (tertiary/aromatic N) is 1.